The predicted molar refractivity (Wildman–Crippen MR) is 63.9 cm³/mol. The molecule has 2 rings (SSSR count). The van der Waals surface area contributed by atoms with Gasteiger partial charge in [-0.15, -0.1) is 11.3 Å². The van der Waals surface area contributed by atoms with Crippen LogP contribution in [0.25, 0.3) is 0 Å². The van der Waals surface area contributed by atoms with Crippen LogP contribution in [0.2, 0.25) is 0 Å². The van der Waals surface area contributed by atoms with Crippen molar-refractivity contribution in [2.24, 2.45) is 7.05 Å². The van der Waals surface area contributed by atoms with Gasteiger partial charge >= 0.3 is 0 Å². The summed E-state index contributed by atoms with van der Waals surface area (Å²) in [5, 5.41) is 16.6. The molecule has 2 heterocycles. The highest BCUT2D eigenvalue weighted by Gasteiger charge is 2.32. The second kappa shape index (κ2) is 3.73. The fourth-order valence-corrected chi connectivity index (χ4v) is 3.15. The van der Waals surface area contributed by atoms with E-state index in [4.69, 9.17) is 0 Å². The van der Waals surface area contributed by atoms with Gasteiger partial charge in [0.2, 0.25) is 0 Å². The van der Waals surface area contributed by atoms with Gasteiger partial charge in [-0.1, -0.05) is 6.07 Å². The maximum Gasteiger partial charge on any atom is 0.138 e. The van der Waals surface area contributed by atoms with Crippen molar-refractivity contribution in [3.05, 3.63) is 38.8 Å². The van der Waals surface area contributed by atoms with E-state index >= 15 is 0 Å². The highest BCUT2D eigenvalue weighted by molar-refractivity contribution is 9.10. The quantitative estimate of drug-likeness (QED) is 0.921. The van der Waals surface area contributed by atoms with E-state index in [0.29, 0.717) is 0 Å². The van der Waals surface area contributed by atoms with E-state index in [0.717, 1.165) is 15.0 Å². The zero-order valence-electron chi connectivity index (χ0n) is 8.44. The molecule has 0 aromatic carbocycles. The van der Waals surface area contributed by atoms with Crippen molar-refractivity contribution < 1.29 is 5.11 Å². The maximum atomic E-state index is 10.5. The van der Waals surface area contributed by atoms with E-state index in [9.17, 15) is 5.11 Å². The maximum absolute atomic E-state index is 10.5. The van der Waals surface area contributed by atoms with Gasteiger partial charge in [-0.25, -0.2) is 0 Å². The lowest BCUT2D eigenvalue weighted by molar-refractivity contribution is 0.0960. The summed E-state index contributed by atoms with van der Waals surface area (Å²) in [6.07, 6.45) is 1.69. The van der Waals surface area contributed by atoms with Crippen LogP contribution in [0.5, 0.6) is 0 Å². The summed E-state index contributed by atoms with van der Waals surface area (Å²) in [4.78, 5) is 0.909. The Morgan fingerprint density at radius 1 is 1.60 bits per heavy atom. The SMILES string of the molecule is Cn1ncc(Br)c1C(C)(O)c1cccs1. The Balaban J connectivity index is 2.55. The molecule has 2 aromatic heterocycles. The van der Waals surface area contributed by atoms with Crippen LogP contribution in [0.4, 0.5) is 0 Å². The van der Waals surface area contributed by atoms with Gasteiger partial charge in [0.15, 0.2) is 0 Å². The normalized spacial score (nSPS) is 15.2. The first-order valence-corrected chi connectivity index (χ1v) is 6.15. The molecule has 0 aliphatic heterocycles. The molecule has 15 heavy (non-hydrogen) atoms. The third-order valence-corrected chi connectivity index (χ3v) is 4.02. The Hall–Kier alpha value is -0.650. The van der Waals surface area contributed by atoms with Crippen molar-refractivity contribution in [2.45, 2.75) is 12.5 Å². The molecule has 0 aliphatic carbocycles. The molecular formula is C10H11BrN2OS. The molecule has 0 saturated carbocycles. The van der Waals surface area contributed by atoms with Crippen molar-refractivity contribution in [2.75, 3.05) is 0 Å². The van der Waals surface area contributed by atoms with Crippen LogP contribution >= 0.6 is 27.3 Å². The molecule has 1 atom stereocenters. The summed E-state index contributed by atoms with van der Waals surface area (Å²) in [7, 11) is 1.82. The van der Waals surface area contributed by atoms with E-state index in [1.54, 1.807) is 17.8 Å². The molecule has 1 unspecified atom stereocenters. The Morgan fingerprint density at radius 2 is 2.33 bits per heavy atom. The Kier molecular flexibility index (Phi) is 2.70. The van der Waals surface area contributed by atoms with Crippen LogP contribution < -0.4 is 0 Å². The van der Waals surface area contributed by atoms with E-state index in [-0.39, 0.29) is 0 Å². The fourth-order valence-electron chi connectivity index (χ4n) is 1.63. The van der Waals surface area contributed by atoms with Crippen molar-refractivity contribution in [1.29, 1.82) is 0 Å². The molecule has 0 spiro atoms. The number of hydrogen-bond acceptors (Lipinski definition) is 3. The molecule has 0 bridgehead atoms. The van der Waals surface area contributed by atoms with E-state index in [1.165, 1.54) is 11.3 Å². The number of rotatable bonds is 2. The number of hydrogen-bond donors (Lipinski definition) is 1. The first kappa shape index (κ1) is 10.9. The van der Waals surface area contributed by atoms with E-state index in [1.807, 2.05) is 24.6 Å². The highest BCUT2D eigenvalue weighted by Crippen LogP contribution is 2.35. The van der Waals surface area contributed by atoms with Crippen molar-refractivity contribution >= 4 is 27.3 Å². The molecule has 0 fully saturated rings. The zero-order chi connectivity index (χ0) is 11.1. The minimum Gasteiger partial charge on any atom is -0.378 e. The summed E-state index contributed by atoms with van der Waals surface area (Å²) in [6.45, 7) is 1.78. The molecule has 1 N–H and O–H groups in total. The summed E-state index contributed by atoms with van der Waals surface area (Å²) in [5.41, 5.74) is -0.233. The predicted octanol–water partition coefficient (Wildman–Crippen LogP) is 2.50. The molecular weight excluding hydrogens is 276 g/mol. The topological polar surface area (TPSA) is 38.0 Å². The van der Waals surface area contributed by atoms with Crippen molar-refractivity contribution in [1.82, 2.24) is 9.78 Å². The van der Waals surface area contributed by atoms with Gasteiger partial charge in [0.1, 0.15) is 5.60 Å². The first-order chi connectivity index (χ1) is 7.03. The Morgan fingerprint density at radius 3 is 2.80 bits per heavy atom. The van der Waals surface area contributed by atoms with Gasteiger partial charge in [0.05, 0.1) is 16.4 Å². The van der Waals surface area contributed by atoms with Gasteiger partial charge in [-0.05, 0) is 34.3 Å². The monoisotopic (exact) mass is 286 g/mol. The lowest BCUT2D eigenvalue weighted by Crippen LogP contribution is -2.25. The second-order valence-electron chi connectivity index (χ2n) is 3.51. The number of nitrogens with zero attached hydrogens (tertiary/aromatic N) is 2. The number of halogens is 1. The lowest BCUT2D eigenvalue weighted by atomic mass is 10.0. The van der Waals surface area contributed by atoms with Gasteiger partial charge in [0.25, 0.3) is 0 Å². The van der Waals surface area contributed by atoms with Crippen LogP contribution in [0.3, 0.4) is 0 Å². The average molecular weight is 287 g/mol. The fraction of sp³-hybridized carbons (Fsp3) is 0.300. The number of aliphatic hydroxyl groups is 1. The van der Waals surface area contributed by atoms with Crippen LogP contribution in [-0.2, 0) is 12.6 Å². The third kappa shape index (κ3) is 1.75. The van der Waals surface area contributed by atoms with Crippen LogP contribution in [0, 0.1) is 0 Å². The minimum absolute atomic E-state index is 0.768. The lowest BCUT2D eigenvalue weighted by Gasteiger charge is -2.22. The molecule has 3 nitrogen and oxygen atoms in total. The van der Waals surface area contributed by atoms with Gasteiger partial charge in [0, 0.05) is 11.9 Å². The molecule has 0 aliphatic rings. The summed E-state index contributed by atoms with van der Waals surface area (Å²) in [6, 6.07) is 3.85. The zero-order valence-corrected chi connectivity index (χ0v) is 10.8. The molecule has 0 amide bonds. The smallest absolute Gasteiger partial charge is 0.138 e. The highest BCUT2D eigenvalue weighted by atomic mass is 79.9. The molecule has 0 radical (unpaired) electrons. The number of thiophene rings is 1. The van der Waals surface area contributed by atoms with Gasteiger partial charge in [-0.3, -0.25) is 4.68 Å². The number of aryl methyl sites for hydroxylation is 1. The molecule has 2 aromatic rings. The minimum atomic E-state index is -1.00. The number of aromatic nitrogens is 2. The van der Waals surface area contributed by atoms with Crippen molar-refractivity contribution in [3.63, 3.8) is 0 Å². The van der Waals surface area contributed by atoms with Gasteiger partial charge in [-0.2, -0.15) is 5.10 Å². The van der Waals surface area contributed by atoms with Gasteiger partial charge < -0.3 is 5.11 Å². The standard InChI is InChI=1S/C10H11BrN2OS/c1-10(14,8-4-3-5-15-8)9-7(11)6-12-13(9)2/h3-6,14H,1-2H3. The Bertz CT molecular complexity index is 442. The summed E-state index contributed by atoms with van der Waals surface area (Å²) >= 11 is 4.93. The summed E-state index contributed by atoms with van der Waals surface area (Å²) < 4.78 is 2.51. The van der Waals surface area contributed by atoms with Crippen molar-refractivity contribution in [3.8, 4) is 0 Å². The van der Waals surface area contributed by atoms with Crippen LogP contribution in [0.15, 0.2) is 28.2 Å². The Labute approximate surface area is 100 Å². The van der Waals surface area contributed by atoms with Crippen LogP contribution in [-0.4, -0.2) is 14.9 Å². The average Bonchev–Trinajstić information content (AvgIpc) is 2.75. The molecule has 0 saturated heterocycles. The first-order valence-electron chi connectivity index (χ1n) is 4.48. The largest absolute Gasteiger partial charge is 0.378 e. The van der Waals surface area contributed by atoms with Crippen LogP contribution in [0.1, 0.15) is 17.5 Å². The molecule has 80 valence electrons. The molecule has 5 heteroatoms. The third-order valence-electron chi connectivity index (χ3n) is 2.36. The summed E-state index contributed by atoms with van der Waals surface area (Å²) in [5.74, 6) is 0. The second-order valence-corrected chi connectivity index (χ2v) is 5.32. The van der Waals surface area contributed by atoms with E-state index in [2.05, 4.69) is 21.0 Å². The van der Waals surface area contributed by atoms with E-state index < -0.39 is 5.60 Å².